The summed E-state index contributed by atoms with van der Waals surface area (Å²) in [7, 11) is 0. The molecule has 3 rings (SSSR count). The fourth-order valence-corrected chi connectivity index (χ4v) is 4.53. The van der Waals surface area contributed by atoms with Crippen molar-refractivity contribution >= 4 is 0 Å². The van der Waals surface area contributed by atoms with Gasteiger partial charge in [0.2, 0.25) is 0 Å². The first-order valence-electron chi connectivity index (χ1n) is 9.10. The van der Waals surface area contributed by atoms with Crippen molar-refractivity contribution in [3.63, 3.8) is 0 Å². The summed E-state index contributed by atoms with van der Waals surface area (Å²) < 4.78 is 5.57. The van der Waals surface area contributed by atoms with Crippen molar-refractivity contribution in [2.24, 2.45) is 17.8 Å². The van der Waals surface area contributed by atoms with Gasteiger partial charge in [-0.1, -0.05) is 13.8 Å². The molecule has 3 unspecified atom stereocenters. The summed E-state index contributed by atoms with van der Waals surface area (Å²) in [6.45, 7) is 14.0. The number of piperazine rings is 1. The third kappa shape index (κ3) is 3.30. The highest BCUT2D eigenvalue weighted by Gasteiger charge is 2.48. The van der Waals surface area contributed by atoms with Crippen LogP contribution in [0.5, 0.6) is 0 Å². The van der Waals surface area contributed by atoms with Crippen molar-refractivity contribution in [2.75, 3.05) is 26.3 Å². The second-order valence-electron chi connectivity index (χ2n) is 8.25. The maximum atomic E-state index is 5.57. The Morgan fingerprint density at radius 3 is 2.33 bits per heavy atom. The van der Waals surface area contributed by atoms with Gasteiger partial charge in [0.05, 0.1) is 0 Å². The number of rotatable bonds is 4. The molecule has 0 bridgehead atoms. The Kier molecular flexibility index (Phi) is 4.63. The molecule has 2 aliphatic heterocycles. The van der Waals surface area contributed by atoms with E-state index in [1.54, 1.807) is 0 Å². The zero-order chi connectivity index (χ0) is 15.0. The van der Waals surface area contributed by atoms with E-state index in [2.05, 4.69) is 37.9 Å². The molecule has 21 heavy (non-hydrogen) atoms. The van der Waals surface area contributed by atoms with Gasteiger partial charge in [-0.3, -0.25) is 4.90 Å². The van der Waals surface area contributed by atoms with Crippen LogP contribution >= 0.6 is 0 Å². The lowest BCUT2D eigenvalue weighted by Gasteiger charge is -2.52. The zero-order valence-corrected chi connectivity index (χ0v) is 14.4. The summed E-state index contributed by atoms with van der Waals surface area (Å²) in [6.07, 6.45) is 5.34. The maximum absolute atomic E-state index is 5.57. The van der Waals surface area contributed by atoms with E-state index in [-0.39, 0.29) is 0 Å². The van der Waals surface area contributed by atoms with Crippen LogP contribution in [0, 0.1) is 17.8 Å². The Bertz CT molecular complexity index is 349. The van der Waals surface area contributed by atoms with Gasteiger partial charge in [0.1, 0.15) is 0 Å². The molecular weight excluding hydrogens is 260 g/mol. The van der Waals surface area contributed by atoms with Gasteiger partial charge in [-0.15, -0.1) is 0 Å². The standard InChI is InChI=1S/C18H34N2O/c1-13(2)17-11-19-18(4,16-5-6-16)12-20(17)14(3)15-7-9-21-10-8-15/h13-17,19H,5-12H2,1-4H3. The molecule has 3 fully saturated rings. The quantitative estimate of drug-likeness (QED) is 0.863. The van der Waals surface area contributed by atoms with E-state index in [4.69, 9.17) is 4.74 Å². The summed E-state index contributed by atoms with van der Waals surface area (Å²) in [5.74, 6) is 2.46. The number of nitrogens with zero attached hydrogens (tertiary/aromatic N) is 1. The lowest BCUT2D eigenvalue weighted by molar-refractivity contribution is -0.0240. The van der Waals surface area contributed by atoms with Crippen LogP contribution in [0.25, 0.3) is 0 Å². The van der Waals surface area contributed by atoms with E-state index in [1.165, 1.54) is 32.2 Å². The number of ether oxygens (including phenoxy) is 1. The number of hydrogen-bond donors (Lipinski definition) is 1. The highest BCUT2D eigenvalue weighted by molar-refractivity contribution is 5.05. The molecule has 0 spiro atoms. The van der Waals surface area contributed by atoms with Crippen LogP contribution in [0.1, 0.15) is 53.4 Å². The normalized spacial score (nSPS) is 37.9. The molecule has 0 radical (unpaired) electrons. The Morgan fingerprint density at radius 2 is 1.76 bits per heavy atom. The molecule has 0 aromatic carbocycles. The van der Waals surface area contributed by atoms with Crippen molar-refractivity contribution in [3.8, 4) is 0 Å². The van der Waals surface area contributed by atoms with Crippen LogP contribution in [0.15, 0.2) is 0 Å². The first kappa shape index (κ1) is 15.8. The summed E-state index contributed by atoms with van der Waals surface area (Å²) in [4.78, 5) is 2.86. The molecule has 1 N–H and O–H groups in total. The number of nitrogens with one attached hydrogen (secondary N) is 1. The molecule has 2 heterocycles. The summed E-state index contributed by atoms with van der Waals surface area (Å²) in [5, 5.41) is 3.91. The average Bonchev–Trinajstić information content (AvgIpc) is 3.32. The van der Waals surface area contributed by atoms with Crippen LogP contribution in [-0.2, 0) is 4.74 Å². The predicted octanol–water partition coefficient (Wildman–Crippen LogP) is 2.90. The maximum Gasteiger partial charge on any atom is 0.0469 e. The topological polar surface area (TPSA) is 24.5 Å². The minimum Gasteiger partial charge on any atom is -0.381 e. The summed E-state index contributed by atoms with van der Waals surface area (Å²) >= 11 is 0. The van der Waals surface area contributed by atoms with Gasteiger partial charge in [0.15, 0.2) is 0 Å². The predicted molar refractivity (Wildman–Crippen MR) is 87.5 cm³/mol. The van der Waals surface area contributed by atoms with E-state index in [1.807, 2.05) is 0 Å². The first-order chi connectivity index (χ1) is 10.0. The first-order valence-corrected chi connectivity index (χ1v) is 9.10. The van der Waals surface area contributed by atoms with E-state index in [0.29, 0.717) is 17.6 Å². The minimum absolute atomic E-state index is 0.352. The molecule has 1 saturated carbocycles. The average molecular weight is 294 g/mol. The van der Waals surface area contributed by atoms with E-state index in [0.717, 1.165) is 37.5 Å². The second-order valence-corrected chi connectivity index (χ2v) is 8.25. The van der Waals surface area contributed by atoms with E-state index < -0.39 is 0 Å². The Morgan fingerprint density at radius 1 is 1.10 bits per heavy atom. The van der Waals surface area contributed by atoms with Gasteiger partial charge >= 0.3 is 0 Å². The monoisotopic (exact) mass is 294 g/mol. The van der Waals surface area contributed by atoms with Gasteiger partial charge < -0.3 is 10.1 Å². The summed E-state index contributed by atoms with van der Waals surface area (Å²) in [5.41, 5.74) is 0.352. The van der Waals surface area contributed by atoms with Crippen molar-refractivity contribution < 1.29 is 4.74 Å². The van der Waals surface area contributed by atoms with E-state index in [9.17, 15) is 0 Å². The van der Waals surface area contributed by atoms with Gasteiger partial charge in [0, 0.05) is 43.9 Å². The summed E-state index contributed by atoms with van der Waals surface area (Å²) in [6, 6.07) is 1.39. The van der Waals surface area contributed by atoms with Gasteiger partial charge in [-0.2, -0.15) is 0 Å². The van der Waals surface area contributed by atoms with Crippen LogP contribution in [0.4, 0.5) is 0 Å². The third-order valence-electron chi connectivity index (χ3n) is 6.37. The second kappa shape index (κ2) is 6.17. The van der Waals surface area contributed by atoms with Gasteiger partial charge in [-0.05, 0) is 57.3 Å². The fraction of sp³-hybridized carbons (Fsp3) is 1.00. The van der Waals surface area contributed by atoms with Gasteiger partial charge in [-0.25, -0.2) is 0 Å². The zero-order valence-electron chi connectivity index (χ0n) is 14.4. The molecule has 0 aromatic rings. The van der Waals surface area contributed by atoms with Crippen LogP contribution in [0.3, 0.4) is 0 Å². The Labute approximate surface area is 130 Å². The lowest BCUT2D eigenvalue weighted by Crippen LogP contribution is -2.67. The highest BCUT2D eigenvalue weighted by Crippen LogP contribution is 2.42. The Balaban J connectivity index is 1.72. The minimum atomic E-state index is 0.352. The molecule has 3 heteroatoms. The molecular formula is C18H34N2O. The third-order valence-corrected chi connectivity index (χ3v) is 6.37. The van der Waals surface area contributed by atoms with Crippen molar-refractivity contribution in [2.45, 2.75) is 71.0 Å². The SMILES string of the molecule is CC(C)C1CNC(C)(C2CC2)CN1C(C)C1CCOCC1. The molecule has 0 amide bonds. The van der Waals surface area contributed by atoms with Crippen molar-refractivity contribution in [1.29, 1.82) is 0 Å². The molecule has 0 aromatic heterocycles. The molecule has 1 aliphatic carbocycles. The molecule has 3 atom stereocenters. The van der Waals surface area contributed by atoms with Crippen LogP contribution < -0.4 is 5.32 Å². The van der Waals surface area contributed by atoms with Gasteiger partial charge in [0.25, 0.3) is 0 Å². The largest absolute Gasteiger partial charge is 0.381 e. The van der Waals surface area contributed by atoms with Crippen molar-refractivity contribution in [3.05, 3.63) is 0 Å². The van der Waals surface area contributed by atoms with E-state index >= 15 is 0 Å². The van der Waals surface area contributed by atoms with Crippen LogP contribution in [0.2, 0.25) is 0 Å². The highest BCUT2D eigenvalue weighted by atomic mass is 16.5. The lowest BCUT2D eigenvalue weighted by atomic mass is 9.83. The Hall–Kier alpha value is -0.120. The van der Waals surface area contributed by atoms with Crippen molar-refractivity contribution in [1.82, 2.24) is 10.2 Å². The molecule has 3 nitrogen and oxygen atoms in total. The number of hydrogen-bond acceptors (Lipinski definition) is 3. The van der Waals surface area contributed by atoms with Crippen LogP contribution in [-0.4, -0.2) is 48.8 Å². The smallest absolute Gasteiger partial charge is 0.0469 e. The molecule has 122 valence electrons. The molecule has 3 aliphatic rings. The fourth-order valence-electron chi connectivity index (χ4n) is 4.53. The molecule has 2 saturated heterocycles.